The molecule has 7 heteroatoms. The highest BCUT2D eigenvalue weighted by molar-refractivity contribution is 8.00. The van der Waals surface area contributed by atoms with Gasteiger partial charge >= 0.3 is 0 Å². The van der Waals surface area contributed by atoms with Crippen LogP contribution in [-0.4, -0.2) is 26.8 Å². The number of nitrogens with one attached hydrogen (secondary N) is 1. The first-order valence-corrected chi connectivity index (χ1v) is 12.1. The van der Waals surface area contributed by atoms with Crippen molar-refractivity contribution in [3.8, 4) is 5.69 Å². The van der Waals surface area contributed by atoms with Gasteiger partial charge in [0.15, 0.2) is 5.16 Å². The lowest BCUT2D eigenvalue weighted by molar-refractivity contribution is -0.120. The lowest BCUT2D eigenvalue weighted by Crippen LogP contribution is -2.38. The molecule has 0 aliphatic heterocycles. The molecule has 0 bridgehead atoms. The maximum Gasteiger partial charge on any atom is 0.266 e. The van der Waals surface area contributed by atoms with E-state index in [-0.39, 0.29) is 28.4 Å². The molecule has 0 spiro atoms. The number of thioether (sulfide) groups is 1. The Labute approximate surface area is 202 Å². The van der Waals surface area contributed by atoms with Gasteiger partial charge in [0.25, 0.3) is 5.56 Å². The van der Waals surface area contributed by atoms with Crippen molar-refractivity contribution in [2.75, 3.05) is 0 Å². The van der Waals surface area contributed by atoms with Crippen LogP contribution in [0.1, 0.15) is 25.8 Å². The summed E-state index contributed by atoms with van der Waals surface area (Å²) in [5.41, 5.74) is 1.46. The Kier molecular flexibility index (Phi) is 7.43. The highest BCUT2D eigenvalue weighted by atomic mass is 32.2. The normalized spacial score (nSPS) is 12.9. The summed E-state index contributed by atoms with van der Waals surface area (Å²) in [6.45, 7) is 3.73. The number of carbonyl (C=O) groups is 1. The number of para-hydroxylation sites is 2. The fraction of sp³-hybridized carbons (Fsp3) is 0.222. The minimum atomic E-state index is -0.537. The SMILES string of the molecule is CC(CCc1ccccc1)NC(=O)C(C)Sc1nc2ccccc2c(=O)n1-c1ccccc1F. The minimum Gasteiger partial charge on any atom is -0.353 e. The average molecular weight is 476 g/mol. The molecule has 0 aliphatic rings. The maximum absolute atomic E-state index is 14.7. The van der Waals surface area contributed by atoms with Gasteiger partial charge in [0.1, 0.15) is 5.82 Å². The zero-order valence-electron chi connectivity index (χ0n) is 19.1. The number of carbonyl (C=O) groups excluding carboxylic acids is 1. The van der Waals surface area contributed by atoms with E-state index in [1.54, 1.807) is 43.3 Å². The number of hydrogen-bond donors (Lipinski definition) is 1. The Morgan fingerprint density at radius 2 is 1.68 bits per heavy atom. The van der Waals surface area contributed by atoms with Crippen LogP contribution in [0.25, 0.3) is 16.6 Å². The molecule has 0 fully saturated rings. The molecule has 1 amide bonds. The van der Waals surface area contributed by atoms with Gasteiger partial charge in [0.05, 0.1) is 21.8 Å². The first-order valence-electron chi connectivity index (χ1n) is 11.2. The molecule has 0 aliphatic carbocycles. The predicted molar refractivity (Wildman–Crippen MR) is 135 cm³/mol. The van der Waals surface area contributed by atoms with E-state index in [9.17, 15) is 14.0 Å². The maximum atomic E-state index is 14.7. The van der Waals surface area contributed by atoms with E-state index >= 15 is 0 Å². The standard InChI is InChI=1S/C27H26FN3O2S/c1-18(16-17-20-10-4-3-5-11-20)29-25(32)19(2)34-27-30-23-14-8-6-12-21(23)26(33)31(27)24-15-9-7-13-22(24)28/h3-15,18-19H,16-17H2,1-2H3,(H,29,32). The molecular weight excluding hydrogens is 449 g/mol. The van der Waals surface area contributed by atoms with E-state index in [0.717, 1.165) is 24.6 Å². The molecule has 0 radical (unpaired) electrons. The van der Waals surface area contributed by atoms with Crippen LogP contribution in [0, 0.1) is 5.82 Å². The Balaban J connectivity index is 1.56. The summed E-state index contributed by atoms with van der Waals surface area (Å²) in [6.07, 6.45) is 1.67. The number of aryl methyl sites for hydroxylation is 1. The van der Waals surface area contributed by atoms with Crippen molar-refractivity contribution in [2.24, 2.45) is 0 Å². The Morgan fingerprint density at radius 3 is 2.44 bits per heavy atom. The van der Waals surface area contributed by atoms with Gasteiger partial charge in [-0.05, 0) is 56.5 Å². The molecule has 2 unspecified atom stereocenters. The molecule has 4 aromatic rings. The molecule has 0 saturated heterocycles. The zero-order valence-corrected chi connectivity index (χ0v) is 19.9. The molecule has 5 nitrogen and oxygen atoms in total. The van der Waals surface area contributed by atoms with Crippen LogP contribution in [0.2, 0.25) is 0 Å². The third-order valence-electron chi connectivity index (χ3n) is 5.59. The minimum absolute atomic E-state index is 0.0194. The van der Waals surface area contributed by atoms with Gasteiger partial charge in [0.2, 0.25) is 5.91 Å². The van der Waals surface area contributed by atoms with Gasteiger partial charge < -0.3 is 5.32 Å². The second kappa shape index (κ2) is 10.7. The van der Waals surface area contributed by atoms with Crippen molar-refractivity contribution in [1.82, 2.24) is 14.9 Å². The van der Waals surface area contributed by atoms with Crippen LogP contribution in [0.4, 0.5) is 4.39 Å². The lowest BCUT2D eigenvalue weighted by Gasteiger charge is -2.19. The first-order chi connectivity index (χ1) is 16.4. The summed E-state index contributed by atoms with van der Waals surface area (Å²) < 4.78 is 15.9. The quantitative estimate of drug-likeness (QED) is 0.283. The van der Waals surface area contributed by atoms with Crippen LogP contribution in [0.15, 0.2) is 88.8 Å². The second-order valence-electron chi connectivity index (χ2n) is 8.20. The molecule has 0 saturated carbocycles. The van der Waals surface area contributed by atoms with Crippen molar-refractivity contribution < 1.29 is 9.18 Å². The lowest BCUT2D eigenvalue weighted by atomic mass is 10.1. The van der Waals surface area contributed by atoms with Crippen LogP contribution in [0.5, 0.6) is 0 Å². The molecule has 34 heavy (non-hydrogen) atoms. The van der Waals surface area contributed by atoms with Crippen molar-refractivity contribution in [3.63, 3.8) is 0 Å². The second-order valence-corrected chi connectivity index (χ2v) is 9.51. The third kappa shape index (κ3) is 5.37. The van der Waals surface area contributed by atoms with Crippen LogP contribution in [-0.2, 0) is 11.2 Å². The third-order valence-corrected chi connectivity index (χ3v) is 6.64. The number of fused-ring (bicyclic) bond motifs is 1. The Bertz CT molecular complexity index is 1360. The highest BCUT2D eigenvalue weighted by Gasteiger charge is 2.22. The van der Waals surface area contributed by atoms with Gasteiger partial charge in [-0.15, -0.1) is 0 Å². The number of halogens is 1. The fourth-order valence-electron chi connectivity index (χ4n) is 3.71. The van der Waals surface area contributed by atoms with Gasteiger partial charge in [-0.1, -0.05) is 66.4 Å². The molecule has 1 N–H and O–H groups in total. The van der Waals surface area contributed by atoms with E-state index in [4.69, 9.17) is 0 Å². The smallest absolute Gasteiger partial charge is 0.266 e. The Hall–Kier alpha value is -3.45. The molecule has 1 aromatic heterocycles. The van der Waals surface area contributed by atoms with E-state index < -0.39 is 11.1 Å². The Morgan fingerprint density at radius 1 is 1.00 bits per heavy atom. The van der Waals surface area contributed by atoms with Crippen molar-refractivity contribution in [2.45, 2.75) is 43.1 Å². The summed E-state index contributed by atoms with van der Waals surface area (Å²) in [5, 5.41) is 3.17. The molecule has 1 heterocycles. The monoisotopic (exact) mass is 475 g/mol. The highest BCUT2D eigenvalue weighted by Crippen LogP contribution is 2.26. The van der Waals surface area contributed by atoms with E-state index in [1.807, 2.05) is 25.1 Å². The van der Waals surface area contributed by atoms with Gasteiger partial charge in [-0.25, -0.2) is 9.37 Å². The van der Waals surface area contributed by atoms with Crippen LogP contribution >= 0.6 is 11.8 Å². The van der Waals surface area contributed by atoms with Gasteiger partial charge in [-0.2, -0.15) is 0 Å². The molecule has 2 atom stereocenters. The number of rotatable bonds is 8. The van der Waals surface area contributed by atoms with Gasteiger partial charge in [-0.3, -0.25) is 14.2 Å². The van der Waals surface area contributed by atoms with E-state index in [2.05, 4.69) is 22.4 Å². The summed E-state index contributed by atoms with van der Waals surface area (Å²) in [4.78, 5) is 30.8. The van der Waals surface area contributed by atoms with E-state index in [0.29, 0.717) is 10.9 Å². The van der Waals surface area contributed by atoms with Crippen molar-refractivity contribution in [1.29, 1.82) is 0 Å². The fourth-order valence-corrected chi connectivity index (χ4v) is 4.64. The molecular formula is C27H26FN3O2S. The number of nitrogens with zero attached hydrogens (tertiary/aromatic N) is 2. The van der Waals surface area contributed by atoms with Crippen molar-refractivity contribution in [3.05, 3.63) is 101 Å². The zero-order chi connectivity index (χ0) is 24.1. The van der Waals surface area contributed by atoms with E-state index in [1.165, 1.54) is 22.3 Å². The largest absolute Gasteiger partial charge is 0.353 e. The number of amides is 1. The van der Waals surface area contributed by atoms with Crippen LogP contribution in [0.3, 0.4) is 0 Å². The predicted octanol–water partition coefficient (Wildman–Crippen LogP) is 5.14. The molecule has 4 rings (SSSR count). The van der Waals surface area contributed by atoms with Crippen LogP contribution < -0.4 is 10.9 Å². The summed E-state index contributed by atoms with van der Waals surface area (Å²) in [5.74, 6) is -0.691. The molecule has 3 aromatic carbocycles. The number of benzene rings is 3. The van der Waals surface area contributed by atoms with Crippen molar-refractivity contribution >= 4 is 28.6 Å². The first kappa shape index (κ1) is 23.7. The topological polar surface area (TPSA) is 64.0 Å². The summed E-state index contributed by atoms with van der Waals surface area (Å²) in [7, 11) is 0. The molecule has 174 valence electrons. The number of aromatic nitrogens is 2. The summed E-state index contributed by atoms with van der Waals surface area (Å²) >= 11 is 1.14. The summed E-state index contributed by atoms with van der Waals surface area (Å²) in [6, 6.07) is 23.1. The number of hydrogen-bond acceptors (Lipinski definition) is 4. The van der Waals surface area contributed by atoms with Gasteiger partial charge in [0, 0.05) is 6.04 Å². The average Bonchev–Trinajstić information content (AvgIpc) is 2.84.